The van der Waals surface area contributed by atoms with Crippen molar-refractivity contribution in [1.82, 2.24) is 0 Å². The highest BCUT2D eigenvalue weighted by atomic mass is 16.6. The van der Waals surface area contributed by atoms with Gasteiger partial charge in [-0.25, -0.2) is 0 Å². The molecule has 1 N–H and O–H groups in total. The Hall–Kier alpha value is -1.14. The number of carbonyl (C=O) groups is 2. The summed E-state index contributed by atoms with van der Waals surface area (Å²) in [6, 6.07) is 0. The van der Waals surface area contributed by atoms with Gasteiger partial charge in [-0.05, 0) is 20.8 Å². The third-order valence-corrected chi connectivity index (χ3v) is 3.61. The van der Waals surface area contributed by atoms with Gasteiger partial charge in [0.05, 0.1) is 0 Å². The summed E-state index contributed by atoms with van der Waals surface area (Å²) in [7, 11) is 0. The Balaban J connectivity index is 1.85. The molecule has 6 heteroatoms. The van der Waals surface area contributed by atoms with Crippen molar-refractivity contribution in [2.45, 2.75) is 50.8 Å². The van der Waals surface area contributed by atoms with Crippen molar-refractivity contribution in [3.63, 3.8) is 0 Å². The Morgan fingerprint density at radius 3 is 2.56 bits per heavy atom. The van der Waals surface area contributed by atoms with Gasteiger partial charge >= 0.3 is 11.9 Å². The number of aliphatic hydroxyl groups is 1. The van der Waals surface area contributed by atoms with E-state index in [9.17, 15) is 14.7 Å². The molecule has 0 aromatic rings. The maximum absolute atomic E-state index is 12.1. The van der Waals surface area contributed by atoms with Crippen LogP contribution in [0.1, 0.15) is 20.8 Å². The second-order valence-corrected chi connectivity index (χ2v) is 6.04. The lowest BCUT2D eigenvalue weighted by atomic mass is 9.78. The summed E-state index contributed by atoms with van der Waals surface area (Å²) >= 11 is 0. The first-order valence-electron chi connectivity index (χ1n) is 6.06. The van der Waals surface area contributed by atoms with Crippen LogP contribution in [0.15, 0.2) is 0 Å². The monoisotopic (exact) mass is 256 g/mol. The highest BCUT2D eigenvalue weighted by Crippen LogP contribution is 2.50. The lowest BCUT2D eigenvalue weighted by molar-refractivity contribution is -0.166. The quantitative estimate of drug-likeness (QED) is 0.644. The van der Waals surface area contributed by atoms with Gasteiger partial charge in [-0.15, -0.1) is 0 Å². The number of carbonyl (C=O) groups excluding carboxylic acids is 2. The molecule has 0 saturated carbocycles. The molecule has 0 aromatic heterocycles. The van der Waals surface area contributed by atoms with Crippen LogP contribution in [-0.2, 0) is 23.8 Å². The van der Waals surface area contributed by atoms with Crippen LogP contribution >= 0.6 is 0 Å². The number of rotatable bonds is 1. The summed E-state index contributed by atoms with van der Waals surface area (Å²) in [5.41, 5.74) is -0.633. The molecule has 3 saturated heterocycles. The minimum Gasteiger partial charge on any atom is -0.460 e. The molecule has 0 aliphatic carbocycles. The minimum atomic E-state index is -0.935. The molecular formula is C12H16O6. The zero-order valence-electron chi connectivity index (χ0n) is 10.5. The molecular weight excluding hydrogens is 240 g/mol. The van der Waals surface area contributed by atoms with E-state index in [0.29, 0.717) is 0 Å². The van der Waals surface area contributed by atoms with Gasteiger partial charge < -0.3 is 19.3 Å². The van der Waals surface area contributed by atoms with Crippen LogP contribution in [0.25, 0.3) is 0 Å². The van der Waals surface area contributed by atoms with E-state index in [0.717, 1.165) is 0 Å². The maximum Gasteiger partial charge on any atom is 0.313 e. The van der Waals surface area contributed by atoms with Gasteiger partial charge in [-0.2, -0.15) is 0 Å². The summed E-state index contributed by atoms with van der Waals surface area (Å²) in [5.74, 6) is -2.36. The zero-order chi connectivity index (χ0) is 13.2. The summed E-state index contributed by atoms with van der Waals surface area (Å²) in [6.07, 6.45) is -2.75. The van der Waals surface area contributed by atoms with E-state index in [-0.39, 0.29) is 0 Å². The molecule has 100 valence electrons. The van der Waals surface area contributed by atoms with E-state index >= 15 is 0 Å². The van der Waals surface area contributed by atoms with Crippen LogP contribution in [-0.4, -0.2) is 47.1 Å². The fourth-order valence-electron chi connectivity index (χ4n) is 3.00. The van der Waals surface area contributed by atoms with Gasteiger partial charge in [0.2, 0.25) is 0 Å². The number of esters is 2. The summed E-state index contributed by atoms with van der Waals surface area (Å²) in [4.78, 5) is 23.8. The number of hydrogen-bond acceptors (Lipinski definition) is 6. The molecule has 0 amide bonds. The normalized spacial score (nSPS) is 45.2. The van der Waals surface area contributed by atoms with Crippen LogP contribution in [0.4, 0.5) is 0 Å². The van der Waals surface area contributed by atoms with Crippen LogP contribution in [0.2, 0.25) is 0 Å². The predicted molar refractivity (Wildman–Crippen MR) is 57.4 cm³/mol. The zero-order valence-corrected chi connectivity index (χ0v) is 10.5. The fourth-order valence-corrected chi connectivity index (χ4v) is 3.00. The third-order valence-electron chi connectivity index (χ3n) is 3.61. The second-order valence-electron chi connectivity index (χ2n) is 6.04. The average Bonchev–Trinajstić information content (AvgIpc) is 2.78. The van der Waals surface area contributed by atoms with Gasteiger partial charge in [0.25, 0.3) is 0 Å². The Morgan fingerprint density at radius 2 is 1.94 bits per heavy atom. The van der Waals surface area contributed by atoms with Crippen LogP contribution in [0.3, 0.4) is 0 Å². The first-order chi connectivity index (χ1) is 8.29. The van der Waals surface area contributed by atoms with Gasteiger partial charge in [-0.1, -0.05) is 0 Å². The van der Waals surface area contributed by atoms with Gasteiger partial charge in [0.15, 0.2) is 6.10 Å². The van der Waals surface area contributed by atoms with Crippen LogP contribution < -0.4 is 0 Å². The molecule has 3 aliphatic rings. The number of hydrogen-bond donors (Lipinski definition) is 1. The Kier molecular flexibility index (Phi) is 2.29. The Morgan fingerprint density at radius 1 is 1.28 bits per heavy atom. The molecule has 0 aromatic carbocycles. The molecule has 3 fully saturated rings. The van der Waals surface area contributed by atoms with E-state index in [1.807, 2.05) is 0 Å². The molecule has 3 rings (SSSR count). The smallest absolute Gasteiger partial charge is 0.313 e. The maximum atomic E-state index is 12.1. The lowest BCUT2D eigenvalue weighted by Crippen LogP contribution is -2.47. The lowest BCUT2D eigenvalue weighted by Gasteiger charge is -2.27. The highest BCUT2D eigenvalue weighted by Gasteiger charge is 2.70. The molecule has 6 unspecified atom stereocenters. The SMILES string of the molecule is CC(C)(C)OC(=O)C1C2OC3C(OC(=O)C31)C2O. The first kappa shape index (κ1) is 11.9. The fraction of sp³-hybridized carbons (Fsp3) is 0.833. The van der Waals surface area contributed by atoms with Crippen LogP contribution in [0, 0.1) is 11.8 Å². The Bertz CT molecular complexity index is 411. The van der Waals surface area contributed by atoms with Crippen molar-refractivity contribution in [3.8, 4) is 0 Å². The van der Waals surface area contributed by atoms with E-state index in [1.165, 1.54) is 0 Å². The molecule has 6 nitrogen and oxygen atoms in total. The van der Waals surface area contributed by atoms with E-state index in [4.69, 9.17) is 14.2 Å². The minimum absolute atomic E-state index is 0.472. The molecule has 3 heterocycles. The average molecular weight is 256 g/mol. The van der Waals surface area contributed by atoms with Crippen molar-refractivity contribution in [1.29, 1.82) is 0 Å². The summed E-state index contributed by atoms with van der Waals surface area (Å²) in [6.45, 7) is 5.27. The molecule has 0 radical (unpaired) electrons. The predicted octanol–water partition coefficient (Wildman–Crippen LogP) is -0.372. The van der Waals surface area contributed by atoms with Crippen molar-refractivity contribution >= 4 is 11.9 Å². The second kappa shape index (κ2) is 3.45. The standard InChI is InChI=1S/C12H16O6/c1-12(2,3)18-11(15)4-5-8-9(17-10(5)14)6(13)7(4)16-8/h4-9,13H,1-3H3. The molecule has 2 bridgehead atoms. The number of ether oxygens (including phenoxy) is 3. The van der Waals surface area contributed by atoms with Crippen molar-refractivity contribution in [3.05, 3.63) is 0 Å². The van der Waals surface area contributed by atoms with Gasteiger partial charge in [-0.3, -0.25) is 9.59 Å². The molecule has 0 spiro atoms. The van der Waals surface area contributed by atoms with Crippen molar-refractivity contribution in [2.24, 2.45) is 11.8 Å². The molecule has 3 aliphatic heterocycles. The van der Waals surface area contributed by atoms with Crippen molar-refractivity contribution in [2.75, 3.05) is 0 Å². The summed E-state index contributed by atoms with van der Waals surface area (Å²) < 4.78 is 15.8. The van der Waals surface area contributed by atoms with E-state index in [2.05, 4.69) is 0 Å². The largest absolute Gasteiger partial charge is 0.460 e. The number of aliphatic hydroxyl groups excluding tert-OH is 1. The number of fused-ring (bicyclic) bond motifs is 1. The Labute approximate surface area is 104 Å². The van der Waals surface area contributed by atoms with Gasteiger partial charge in [0.1, 0.15) is 35.7 Å². The summed E-state index contributed by atoms with van der Waals surface area (Å²) in [5, 5.41) is 9.93. The third kappa shape index (κ3) is 1.48. The topological polar surface area (TPSA) is 82.1 Å². The highest BCUT2D eigenvalue weighted by molar-refractivity contribution is 5.86. The molecule has 6 atom stereocenters. The molecule has 18 heavy (non-hydrogen) atoms. The van der Waals surface area contributed by atoms with E-state index < -0.39 is 53.8 Å². The van der Waals surface area contributed by atoms with Gasteiger partial charge in [0, 0.05) is 0 Å². The van der Waals surface area contributed by atoms with E-state index in [1.54, 1.807) is 20.8 Å². The first-order valence-corrected chi connectivity index (χ1v) is 6.06. The van der Waals surface area contributed by atoms with Crippen LogP contribution in [0.5, 0.6) is 0 Å². The van der Waals surface area contributed by atoms with Crippen molar-refractivity contribution < 1.29 is 28.9 Å².